The van der Waals surface area contributed by atoms with Crippen LogP contribution < -0.4 is 4.72 Å². The predicted molar refractivity (Wildman–Crippen MR) is 57.6 cm³/mol. The van der Waals surface area contributed by atoms with E-state index in [0.29, 0.717) is 12.8 Å². The van der Waals surface area contributed by atoms with Crippen LogP contribution in [0.4, 0.5) is 0 Å². The Morgan fingerprint density at radius 2 is 1.71 bits per heavy atom. The lowest BCUT2D eigenvalue weighted by molar-refractivity contribution is 0.172. The first-order valence-electron chi connectivity index (χ1n) is 4.97. The molecule has 0 aromatic rings. The van der Waals surface area contributed by atoms with Gasteiger partial charge in [0.15, 0.2) is 0 Å². The molecule has 0 atom stereocenters. The van der Waals surface area contributed by atoms with E-state index in [2.05, 4.69) is 4.72 Å². The lowest BCUT2D eigenvalue weighted by Crippen LogP contribution is -2.52. The summed E-state index contributed by atoms with van der Waals surface area (Å²) in [6.45, 7) is 6.81. The Hall–Kier alpha value is -0.130. The molecule has 0 amide bonds. The molecule has 0 aliphatic carbocycles. The summed E-state index contributed by atoms with van der Waals surface area (Å²) in [7, 11) is -3.30. The molecule has 0 aromatic heterocycles. The van der Waals surface area contributed by atoms with Crippen LogP contribution in [0.3, 0.4) is 0 Å². The van der Waals surface area contributed by atoms with Gasteiger partial charge < -0.3 is 5.11 Å². The molecule has 0 aromatic carbocycles. The second-order valence-corrected chi connectivity index (χ2v) is 6.08. The molecule has 0 rings (SSSR count). The van der Waals surface area contributed by atoms with Crippen LogP contribution >= 0.6 is 0 Å². The molecule has 0 saturated carbocycles. The smallest absolute Gasteiger partial charge is 0.214 e. The van der Waals surface area contributed by atoms with Crippen LogP contribution in [0.2, 0.25) is 0 Å². The minimum atomic E-state index is -3.30. The van der Waals surface area contributed by atoms with Crippen molar-refractivity contribution in [3.8, 4) is 0 Å². The molecular weight excluding hydrogens is 202 g/mol. The number of hydrogen-bond donors (Lipinski definition) is 2. The third kappa shape index (κ3) is 3.22. The largest absolute Gasteiger partial charge is 0.394 e. The SMILES string of the molecule is CCC(CC)(CO)NS(=O)(=O)C(C)C. The Morgan fingerprint density at radius 1 is 1.29 bits per heavy atom. The molecule has 0 aliphatic heterocycles. The molecule has 0 spiro atoms. The van der Waals surface area contributed by atoms with Crippen molar-refractivity contribution in [3.63, 3.8) is 0 Å². The maximum absolute atomic E-state index is 11.6. The minimum Gasteiger partial charge on any atom is -0.394 e. The number of nitrogens with one attached hydrogen (secondary N) is 1. The van der Waals surface area contributed by atoms with Gasteiger partial charge in [-0.25, -0.2) is 13.1 Å². The molecule has 0 saturated heterocycles. The van der Waals surface area contributed by atoms with Crippen LogP contribution in [-0.2, 0) is 10.0 Å². The molecule has 0 heterocycles. The van der Waals surface area contributed by atoms with Gasteiger partial charge in [0.2, 0.25) is 10.0 Å². The Bertz CT molecular complexity index is 247. The van der Waals surface area contributed by atoms with E-state index in [0.717, 1.165) is 0 Å². The van der Waals surface area contributed by atoms with E-state index in [9.17, 15) is 13.5 Å². The highest BCUT2D eigenvalue weighted by molar-refractivity contribution is 7.90. The van der Waals surface area contributed by atoms with Gasteiger partial charge in [0.1, 0.15) is 0 Å². The van der Waals surface area contributed by atoms with Crippen LogP contribution in [0.1, 0.15) is 40.5 Å². The molecule has 0 bridgehead atoms. The van der Waals surface area contributed by atoms with Gasteiger partial charge in [-0.2, -0.15) is 0 Å². The molecule has 14 heavy (non-hydrogen) atoms. The van der Waals surface area contributed by atoms with Crippen molar-refractivity contribution in [2.24, 2.45) is 0 Å². The van der Waals surface area contributed by atoms with Crippen molar-refractivity contribution in [3.05, 3.63) is 0 Å². The van der Waals surface area contributed by atoms with Crippen molar-refractivity contribution in [1.29, 1.82) is 0 Å². The number of rotatable bonds is 6. The summed E-state index contributed by atoms with van der Waals surface area (Å²) in [6, 6.07) is 0. The first kappa shape index (κ1) is 13.9. The van der Waals surface area contributed by atoms with Gasteiger partial charge >= 0.3 is 0 Å². The summed E-state index contributed by atoms with van der Waals surface area (Å²) in [5.41, 5.74) is -0.691. The second kappa shape index (κ2) is 5.09. The van der Waals surface area contributed by atoms with Crippen molar-refractivity contribution in [2.75, 3.05) is 6.61 Å². The zero-order valence-corrected chi connectivity index (χ0v) is 10.2. The van der Waals surface area contributed by atoms with E-state index >= 15 is 0 Å². The summed E-state index contributed by atoms with van der Waals surface area (Å²) in [6.07, 6.45) is 1.18. The Kier molecular flexibility index (Phi) is 5.05. The fourth-order valence-corrected chi connectivity index (χ4v) is 2.26. The fourth-order valence-electron chi connectivity index (χ4n) is 1.07. The zero-order valence-electron chi connectivity index (χ0n) is 9.37. The fraction of sp³-hybridized carbons (Fsp3) is 1.00. The van der Waals surface area contributed by atoms with Crippen molar-refractivity contribution >= 4 is 10.0 Å². The van der Waals surface area contributed by atoms with Gasteiger partial charge in [0, 0.05) is 0 Å². The van der Waals surface area contributed by atoms with E-state index in [-0.39, 0.29) is 6.61 Å². The van der Waals surface area contributed by atoms with Crippen LogP contribution in [0.5, 0.6) is 0 Å². The first-order chi connectivity index (χ1) is 6.33. The quantitative estimate of drug-likeness (QED) is 0.702. The molecule has 0 radical (unpaired) electrons. The monoisotopic (exact) mass is 223 g/mol. The highest BCUT2D eigenvalue weighted by atomic mass is 32.2. The van der Waals surface area contributed by atoms with E-state index in [1.165, 1.54) is 0 Å². The van der Waals surface area contributed by atoms with Gasteiger partial charge in [-0.1, -0.05) is 13.8 Å². The number of aliphatic hydroxyl groups excluding tert-OH is 1. The van der Waals surface area contributed by atoms with Gasteiger partial charge in [-0.15, -0.1) is 0 Å². The summed E-state index contributed by atoms with van der Waals surface area (Å²) in [4.78, 5) is 0. The average molecular weight is 223 g/mol. The van der Waals surface area contributed by atoms with Crippen LogP contribution in [-0.4, -0.2) is 30.9 Å². The van der Waals surface area contributed by atoms with Crippen LogP contribution in [0, 0.1) is 0 Å². The average Bonchev–Trinajstić information content (AvgIpc) is 2.14. The molecule has 2 N–H and O–H groups in total. The lowest BCUT2D eigenvalue weighted by atomic mass is 9.96. The van der Waals surface area contributed by atoms with Gasteiger partial charge in [-0.05, 0) is 26.7 Å². The van der Waals surface area contributed by atoms with E-state index in [1.807, 2.05) is 13.8 Å². The van der Waals surface area contributed by atoms with Crippen LogP contribution in [0.15, 0.2) is 0 Å². The third-order valence-corrected chi connectivity index (χ3v) is 4.59. The molecular formula is C9H21NO3S. The van der Waals surface area contributed by atoms with Gasteiger partial charge in [-0.3, -0.25) is 0 Å². The standard InChI is InChI=1S/C9H21NO3S/c1-5-9(6-2,7-11)10-14(12,13)8(3)4/h8,10-11H,5-7H2,1-4H3. The number of aliphatic hydroxyl groups is 1. The molecule has 0 fully saturated rings. The Morgan fingerprint density at radius 3 is 1.93 bits per heavy atom. The first-order valence-corrected chi connectivity index (χ1v) is 6.52. The Labute approximate surface area is 86.8 Å². The third-order valence-electron chi connectivity index (χ3n) is 2.64. The van der Waals surface area contributed by atoms with Crippen molar-refractivity contribution < 1.29 is 13.5 Å². The van der Waals surface area contributed by atoms with Crippen molar-refractivity contribution in [1.82, 2.24) is 4.72 Å². The predicted octanol–water partition coefficient (Wildman–Crippen LogP) is 0.865. The maximum atomic E-state index is 11.6. The summed E-state index contributed by atoms with van der Waals surface area (Å²) < 4.78 is 25.8. The van der Waals surface area contributed by atoms with Gasteiger partial charge in [0.05, 0.1) is 17.4 Å². The molecule has 4 nitrogen and oxygen atoms in total. The highest BCUT2D eigenvalue weighted by Gasteiger charge is 2.31. The van der Waals surface area contributed by atoms with E-state index in [4.69, 9.17) is 0 Å². The van der Waals surface area contributed by atoms with Gasteiger partial charge in [0.25, 0.3) is 0 Å². The minimum absolute atomic E-state index is 0.161. The summed E-state index contributed by atoms with van der Waals surface area (Å²) >= 11 is 0. The molecule has 5 heteroatoms. The number of hydrogen-bond acceptors (Lipinski definition) is 3. The number of sulfonamides is 1. The topological polar surface area (TPSA) is 66.4 Å². The maximum Gasteiger partial charge on any atom is 0.214 e. The highest BCUT2D eigenvalue weighted by Crippen LogP contribution is 2.16. The Balaban J connectivity index is 4.78. The normalized spacial score (nSPS) is 13.6. The van der Waals surface area contributed by atoms with E-state index in [1.54, 1.807) is 13.8 Å². The summed E-state index contributed by atoms with van der Waals surface area (Å²) in [5, 5.41) is 8.73. The summed E-state index contributed by atoms with van der Waals surface area (Å²) in [5.74, 6) is 0. The molecule has 0 aliphatic rings. The molecule has 86 valence electrons. The van der Waals surface area contributed by atoms with E-state index < -0.39 is 20.8 Å². The second-order valence-electron chi connectivity index (χ2n) is 3.84. The molecule has 0 unspecified atom stereocenters. The van der Waals surface area contributed by atoms with Crippen LogP contribution in [0.25, 0.3) is 0 Å². The van der Waals surface area contributed by atoms with Crippen molar-refractivity contribution in [2.45, 2.75) is 51.3 Å². The zero-order chi connectivity index (χ0) is 11.4. The lowest BCUT2D eigenvalue weighted by Gasteiger charge is -2.31.